The van der Waals surface area contributed by atoms with Crippen molar-refractivity contribution in [3.8, 4) is 0 Å². The summed E-state index contributed by atoms with van der Waals surface area (Å²) < 4.78 is 5.62. The molecule has 2 aliphatic heterocycles. The molecule has 4 heterocycles. The van der Waals surface area contributed by atoms with Gasteiger partial charge in [-0.05, 0) is 31.0 Å². The number of H-pyrrole nitrogens is 1. The number of amides is 2. The first kappa shape index (κ1) is 20.6. The fourth-order valence-electron chi connectivity index (χ4n) is 4.73. The Morgan fingerprint density at radius 2 is 2.03 bits per heavy atom. The molecule has 9 nitrogen and oxygen atoms in total. The molecule has 2 aliphatic rings. The first-order valence-electron chi connectivity index (χ1n) is 10.2. The van der Waals surface area contributed by atoms with Crippen molar-refractivity contribution in [1.82, 2.24) is 20.1 Å². The molecule has 0 atom stereocenters. The summed E-state index contributed by atoms with van der Waals surface area (Å²) in [5, 5.41) is 7.49. The lowest BCUT2D eigenvalue weighted by molar-refractivity contribution is -0.140. The van der Waals surface area contributed by atoms with Crippen LogP contribution in [0.25, 0.3) is 11.0 Å². The number of piperidine rings is 1. The van der Waals surface area contributed by atoms with E-state index in [1.807, 2.05) is 18.2 Å². The molecule has 0 unspecified atom stereocenters. The van der Waals surface area contributed by atoms with Crippen molar-refractivity contribution < 1.29 is 19.1 Å². The number of fused-ring (bicyclic) bond motifs is 3. The smallest absolute Gasteiger partial charge is 0.325 e. The third kappa shape index (κ3) is 3.09. The van der Waals surface area contributed by atoms with Gasteiger partial charge in [0.25, 0.3) is 5.91 Å². The van der Waals surface area contributed by atoms with Gasteiger partial charge in [-0.3, -0.25) is 19.5 Å². The number of nitrogens with zero attached hydrogens (tertiary/aromatic N) is 4. The summed E-state index contributed by atoms with van der Waals surface area (Å²) in [5.74, 6) is -0.728. The van der Waals surface area contributed by atoms with Gasteiger partial charge in [0.1, 0.15) is 6.54 Å². The van der Waals surface area contributed by atoms with E-state index in [9.17, 15) is 14.4 Å². The number of likely N-dealkylation sites (tertiary alicyclic amines) is 1. The number of carbonyl (C=O) groups excluding carboxylic acids is 3. The van der Waals surface area contributed by atoms with Gasteiger partial charge < -0.3 is 14.5 Å². The number of nitrogens with one attached hydrogen (secondary N) is 1. The highest BCUT2D eigenvalue weighted by molar-refractivity contribution is 9.10. The predicted octanol–water partition coefficient (Wildman–Crippen LogP) is 2.41. The number of methoxy groups -OCH3 is 1. The van der Waals surface area contributed by atoms with Crippen LogP contribution in [0.15, 0.2) is 41.1 Å². The van der Waals surface area contributed by atoms with Gasteiger partial charge in [-0.2, -0.15) is 5.10 Å². The number of anilines is 1. The fraction of sp³-hybridized carbons (Fsp3) is 0.318. The molecule has 2 aromatic heterocycles. The molecule has 1 fully saturated rings. The molecule has 1 N–H and O–H groups in total. The first-order chi connectivity index (χ1) is 15.4. The van der Waals surface area contributed by atoms with Crippen molar-refractivity contribution in [1.29, 1.82) is 0 Å². The number of rotatable bonds is 3. The van der Waals surface area contributed by atoms with Crippen LogP contribution < -0.4 is 4.90 Å². The Bertz CT molecular complexity index is 1250. The van der Waals surface area contributed by atoms with E-state index in [1.54, 1.807) is 17.2 Å². The Hall–Kier alpha value is -3.27. The molecule has 10 heteroatoms. The SMILES string of the molecule is COC(=O)CN1C(=O)C2(CCN(C(=O)c3cnc4[nH]ncc4c3)CC2)c2c(Br)cccc21. The number of benzene rings is 1. The van der Waals surface area contributed by atoms with Crippen molar-refractivity contribution in [2.45, 2.75) is 18.3 Å². The third-order valence-corrected chi connectivity index (χ3v) is 7.03. The van der Waals surface area contributed by atoms with Gasteiger partial charge in [0.15, 0.2) is 5.65 Å². The largest absolute Gasteiger partial charge is 0.468 e. The number of aromatic amines is 1. The number of halogens is 1. The third-order valence-electron chi connectivity index (χ3n) is 6.37. The van der Waals surface area contributed by atoms with Crippen LogP contribution in [0.4, 0.5) is 5.69 Å². The Morgan fingerprint density at radius 1 is 1.25 bits per heavy atom. The minimum atomic E-state index is -0.785. The lowest BCUT2D eigenvalue weighted by Gasteiger charge is -2.38. The zero-order valence-electron chi connectivity index (χ0n) is 17.3. The van der Waals surface area contributed by atoms with E-state index in [0.717, 1.165) is 15.4 Å². The first-order valence-corrected chi connectivity index (χ1v) is 11.0. The summed E-state index contributed by atoms with van der Waals surface area (Å²) in [4.78, 5) is 46.1. The molecule has 1 saturated heterocycles. The topological polar surface area (TPSA) is 108 Å². The normalized spacial score (nSPS) is 17.1. The number of esters is 1. The lowest BCUT2D eigenvalue weighted by atomic mass is 9.73. The van der Waals surface area contributed by atoms with Crippen molar-refractivity contribution in [2.24, 2.45) is 0 Å². The van der Waals surface area contributed by atoms with Gasteiger partial charge in [-0.15, -0.1) is 0 Å². The average molecular weight is 498 g/mol. The monoisotopic (exact) mass is 497 g/mol. The number of carbonyl (C=O) groups is 3. The standard InChI is InChI=1S/C22H20BrN5O4/c1-32-17(29)12-28-16-4-2-3-15(23)18(16)22(21(28)31)5-7-27(8-6-22)20(30)14-9-13-11-25-26-19(13)24-10-14/h2-4,9-11H,5-8,12H2,1H3,(H,24,25,26). The summed E-state index contributed by atoms with van der Waals surface area (Å²) in [7, 11) is 1.31. The molecule has 0 saturated carbocycles. The molecule has 1 spiro atoms. The van der Waals surface area contributed by atoms with Gasteiger partial charge >= 0.3 is 5.97 Å². The van der Waals surface area contributed by atoms with Crippen molar-refractivity contribution in [2.75, 3.05) is 31.6 Å². The predicted molar refractivity (Wildman–Crippen MR) is 119 cm³/mol. The molecule has 1 aromatic carbocycles. The van der Waals surface area contributed by atoms with Crippen LogP contribution >= 0.6 is 15.9 Å². The molecule has 0 bridgehead atoms. The molecule has 5 rings (SSSR count). The number of hydrogen-bond acceptors (Lipinski definition) is 6. The van der Waals surface area contributed by atoms with Crippen LogP contribution in [0, 0.1) is 0 Å². The zero-order valence-corrected chi connectivity index (χ0v) is 18.9. The number of ether oxygens (including phenoxy) is 1. The highest BCUT2D eigenvalue weighted by Gasteiger charge is 2.53. The minimum absolute atomic E-state index is 0.125. The van der Waals surface area contributed by atoms with Crippen LogP contribution in [0.3, 0.4) is 0 Å². The quantitative estimate of drug-likeness (QED) is 0.556. The molecular formula is C22H20BrN5O4. The maximum Gasteiger partial charge on any atom is 0.325 e. The summed E-state index contributed by atoms with van der Waals surface area (Å²) in [5.41, 5.74) is 1.92. The van der Waals surface area contributed by atoms with Crippen LogP contribution in [-0.4, -0.2) is 64.6 Å². The molecule has 32 heavy (non-hydrogen) atoms. The highest BCUT2D eigenvalue weighted by atomic mass is 79.9. The number of aromatic nitrogens is 3. The van der Waals surface area contributed by atoms with Crippen molar-refractivity contribution in [3.63, 3.8) is 0 Å². The van der Waals surface area contributed by atoms with Crippen molar-refractivity contribution in [3.05, 3.63) is 52.3 Å². The van der Waals surface area contributed by atoms with E-state index in [1.165, 1.54) is 18.2 Å². The molecule has 164 valence electrons. The lowest BCUT2D eigenvalue weighted by Crippen LogP contribution is -2.50. The Labute approximate surface area is 191 Å². The van der Waals surface area contributed by atoms with Crippen LogP contribution in [0.5, 0.6) is 0 Å². The van der Waals surface area contributed by atoms with E-state index >= 15 is 0 Å². The van der Waals surface area contributed by atoms with Crippen LogP contribution in [0.2, 0.25) is 0 Å². The molecular weight excluding hydrogens is 478 g/mol. The van der Waals surface area contributed by atoms with Gasteiger partial charge in [-0.25, -0.2) is 4.98 Å². The average Bonchev–Trinajstić information content (AvgIpc) is 3.37. The molecule has 2 amide bonds. The Balaban J connectivity index is 1.42. The summed E-state index contributed by atoms with van der Waals surface area (Å²) >= 11 is 3.60. The molecule has 3 aromatic rings. The summed E-state index contributed by atoms with van der Waals surface area (Å²) in [6, 6.07) is 7.36. The second-order valence-corrected chi connectivity index (χ2v) is 8.86. The van der Waals surface area contributed by atoms with E-state index < -0.39 is 11.4 Å². The van der Waals surface area contributed by atoms with Gasteiger partial charge in [0, 0.05) is 40.4 Å². The Kier molecular flexibility index (Phi) is 4.96. The zero-order chi connectivity index (χ0) is 22.5. The van der Waals surface area contributed by atoms with Crippen LogP contribution in [-0.2, 0) is 19.7 Å². The van der Waals surface area contributed by atoms with Gasteiger partial charge in [0.2, 0.25) is 5.91 Å². The number of hydrogen-bond donors (Lipinski definition) is 1. The molecule has 0 radical (unpaired) electrons. The Morgan fingerprint density at radius 3 is 2.78 bits per heavy atom. The number of pyridine rings is 1. The van der Waals surface area contributed by atoms with E-state index in [0.29, 0.717) is 42.8 Å². The van der Waals surface area contributed by atoms with E-state index in [4.69, 9.17) is 4.74 Å². The maximum atomic E-state index is 13.6. The maximum absolute atomic E-state index is 13.6. The van der Waals surface area contributed by atoms with E-state index in [2.05, 4.69) is 31.1 Å². The summed E-state index contributed by atoms with van der Waals surface area (Å²) in [6.45, 7) is 0.696. The minimum Gasteiger partial charge on any atom is -0.468 e. The van der Waals surface area contributed by atoms with Gasteiger partial charge in [0.05, 0.1) is 24.3 Å². The van der Waals surface area contributed by atoms with Crippen molar-refractivity contribution >= 4 is 50.4 Å². The van der Waals surface area contributed by atoms with Crippen LogP contribution in [0.1, 0.15) is 28.8 Å². The second kappa shape index (κ2) is 7.70. The summed E-state index contributed by atoms with van der Waals surface area (Å²) in [6.07, 6.45) is 4.10. The van der Waals surface area contributed by atoms with E-state index in [-0.39, 0.29) is 18.4 Å². The second-order valence-electron chi connectivity index (χ2n) is 8.01. The molecule has 0 aliphatic carbocycles. The fourth-order valence-corrected chi connectivity index (χ4v) is 5.46. The van der Waals surface area contributed by atoms with Gasteiger partial charge in [-0.1, -0.05) is 22.0 Å². The highest BCUT2D eigenvalue weighted by Crippen LogP contribution is 2.50.